The van der Waals surface area contributed by atoms with Crippen LogP contribution in [0.15, 0.2) is 24.3 Å². The molecule has 2 heterocycles. The van der Waals surface area contributed by atoms with E-state index in [0.29, 0.717) is 19.0 Å². The number of ether oxygens (including phenoxy) is 2. The molecule has 0 amide bonds. The number of rotatable bonds is 3. The number of aryl methyl sites for hydroxylation is 1. The molecular weight excluding hydrogens is 254 g/mol. The lowest BCUT2D eigenvalue weighted by molar-refractivity contribution is -0.0335. The molecule has 1 aromatic carbocycles. The molecule has 5 nitrogen and oxygen atoms in total. The SMILES string of the molecule is COc1ccc(-c2nc(C3(C#N)COC3)[nH]c2C)cc1. The minimum Gasteiger partial charge on any atom is -0.497 e. The molecule has 0 unspecified atom stereocenters. The van der Waals surface area contributed by atoms with Crippen molar-refractivity contribution in [2.75, 3.05) is 20.3 Å². The summed E-state index contributed by atoms with van der Waals surface area (Å²) in [6.07, 6.45) is 0. The number of aromatic amines is 1. The summed E-state index contributed by atoms with van der Waals surface area (Å²) in [6, 6.07) is 10.0. The molecule has 1 N–H and O–H groups in total. The zero-order valence-electron chi connectivity index (χ0n) is 11.4. The average Bonchev–Trinajstić information content (AvgIpc) is 2.81. The molecule has 0 saturated carbocycles. The number of hydrogen-bond donors (Lipinski definition) is 1. The van der Waals surface area contributed by atoms with Gasteiger partial charge in [-0.3, -0.25) is 0 Å². The van der Waals surface area contributed by atoms with Crippen molar-refractivity contribution in [2.45, 2.75) is 12.3 Å². The zero-order valence-corrected chi connectivity index (χ0v) is 11.4. The topological polar surface area (TPSA) is 70.9 Å². The number of aromatic nitrogens is 2. The molecule has 0 bridgehead atoms. The number of nitrogens with zero attached hydrogens (tertiary/aromatic N) is 2. The van der Waals surface area contributed by atoms with Crippen LogP contribution in [0, 0.1) is 18.3 Å². The van der Waals surface area contributed by atoms with Gasteiger partial charge in [0.1, 0.15) is 11.6 Å². The first-order chi connectivity index (χ1) is 9.68. The quantitative estimate of drug-likeness (QED) is 0.927. The van der Waals surface area contributed by atoms with Gasteiger partial charge in [-0.2, -0.15) is 5.26 Å². The van der Waals surface area contributed by atoms with E-state index in [9.17, 15) is 5.26 Å². The molecule has 20 heavy (non-hydrogen) atoms. The third-order valence-corrected chi connectivity index (χ3v) is 3.61. The van der Waals surface area contributed by atoms with Crippen LogP contribution < -0.4 is 4.74 Å². The minimum absolute atomic E-state index is 0.401. The van der Waals surface area contributed by atoms with Crippen molar-refractivity contribution < 1.29 is 9.47 Å². The standard InChI is InChI=1S/C15H15N3O2/c1-10-13(11-3-5-12(19-2)6-4-11)18-14(17-10)15(7-16)8-20-9-15/h3-6H,8-9H2,1-2H3,(H,17,18). The monoisotopic (exact) mass is 269 g/mol. The van der Waals surface area contributed by atoms with Gasteiger partial charge in [-0.25, -0.2) is 4.98 Å². The number of nitrogens with one attached hydrogen (secondary N) is 1. The summed E-state index contributed by atoms with van der Waals surface area (Å²) in [4.78, 5) is 7.82. The van der Waals surface area contributed by atoms with Crippen molar-refractivity contribution in [3.8, 4) is 23.1 Å². The molecular formula is C15H15N3O2. The molecule has 5 heteroatoms. The maximum Gasteiger partial charge on any atom is 0.161 e. The highest BCUT2D eigenvalue weighted by molar-refractivity contribution is 5.63. The Labute approximate surface area is 117 Å². The van der Waals surface area contributed by atoms with Crippen molar-refractivity contribution in [3.05, 3.63) is 35.8 Å². The highest BCUT2D eigenvalue weighted by atomic mass is 16.5. The molecule has 1 fully saturated rings. The summed E-state index contributed by atoms with van der Waals surface area (Å²) >= 11 is 0. The second-order valence-electron chi connectivity index (χ2n) is 4.97. The maximum absolute atomic E-state index is 9.32. The van der Waals surface area contributed by atoms with Crippen LogP contribution in [0.2, 0.25) is 0 Å². The van der Waals surface area contributed by atoms with E-state index in [-0.39, 0.29) is 0 Å². The van der Waals surface area contributed by atoms with Gasteiger partial charge in [0.2, 0.25) is 0 Å². The summed E-state index contributed by atoms with van der Waals surface area (Å²) in [5.41, 5.74) is 2.20. The zero-order chi connectivity index (χ0) is 14.2. The van der Waals surface area contributed by atoms with Crippen molar-refractivity contribution >= 4 is 0 Å². The Kier molecular flexibility index (Phi) is 2.96. The summed E-state index contributed by atoms with van der Waals surface area (Å²) in [5.74, 6) is 1.50. The molecule has 1 aliphatic rings. The molecule has 1 aromatic heterocycles. The van der Waals surface area contributed by atoms with Gasteiger partial charge >= 0.3 is 0 Å². The van der Waals surface area contributed by atoms with E-state index in [2.05, 4.69) is 16.0 Å². The van der Waals surface area contributed by atoms with Gasteiger partial charge in [0, 0.05) is 11.3 Å². The third-order valence-electron chi connectivity index (χ3n) is 3.61. The third kappa shape index (κ3) is 1.86. The number of imidazole rings is 1. The fourth-order valence-corrected chi connectivity index (χ4v) is 2.28. The Morgan fingerprint density at radius 2 is 2.05 bits per heavy atom. The van der Waals surface area contributed by atoms with Crippen LogP contribution in [-0.2, 0) is 10.2 Å². The summed E-state index contributed by atoms with van der Waals surface area (Å²) < 4.78 is 10.3. The Balaban J connectivity index is 1.98. The number of hydrogen-bond acceptors (Lipinski definition) is 4. The fourth-order valence-electron chi connectivity index (χ4n) is 2.28. The first-order valence-corrected chi connectivity index (χ1v) is 6.39. The highest BCUT2D eigenvalue weighted by Gasteiger charge is 2.44. The van der Waals surface area contributed by atoms with E-state index >= 15 is 0 Å². The van der Waals surface area contributed by atoms with E-state index in [1.54, 1.807) is 7.11 Å². The molecule has 3 rings (SSSR count). The van der Waals surface area contributed by atoms with Crippen LogP contribution in [-0.4, -0.2) is 30.3 Å². The van der Waals surface area contributed by atoms with Crippen molar-refractivity contribution in [1.29, 1.82) is 5.26 Å². The second kappa shape index (κ2) is 4.66. The van der Waals surface area contributed by atoms with E-state index in [1.807, 2.05) is 31.2 Å². The number of methoxy groups -OCH3 is 1. The van der Waals surface area contributed by atoms with Crippen molar-refractivity contribution in [1.82, 2.24) is 9.97 Å². The van der Waals surface area contributed by atoms with Crippen LogP contribution in [0.1, 0.15) is 11.5 Å². The highest BCUT2D eigenvalue weighted by Crippen LogP contribution is 2.32. The van der Waals surface area contributed by atoms with Gasteiger partial charge in [0.25, 0.3) is 0 Å². The van der Waals surface area contributed by atoms with E-state index < -0.39 is 5.41 Å². The van der Waals surface area contributed by atoms with Gasteiger partial charge in [0.05, 0.1) is 32.1 Å². The molecule has 1 saturated heterocycles. The lowest BCUT2D eigenvalue weighted by Gasteiger charge is -2.32. The lowest BCUT2D eigenvalue weighted by atomic mass is 9.87. The summed E-state index contributed by atoms with van der Waals surface area (Å²) in [7, 11) is 1.64. The molecule has 102 valence electrons. The predicted octanol–water partition coefficient (Wildman–Crippen LogP) is 2.19. The summed E-state index contributed by atoms with van der Waals surface area (Å²) in [5, 5.41) is 9.32. The van der Waals surface area contributed by atoms with Gasteiger partial charge in [-0.15, -0.1) is 0 Å². The largest absolute Gasteiger partial charge is 0.497 e. The average molecular weight is 269 g/mol. The second-order valence-corrected chi connectivity index (χ2v) is 4.97. The van der Waals surface area contributed by atoms with Gasteiger partial charge in [-0.1, -0.05) is 0 Å². The Bertz CT molecular complexity index is 663. The van der Waals surface area contributed by atoms with Gasteiger partial charge < -0.3 is 14.5 Å². The molecule has 2 aromatic rings. The molecule has 0 aliphatic carbocycles. The Morgan fingerprint density at radius 1 is 1.35 bits per heavy atom. The van der Waals surface area contributed by atoms with Crippen LogP contribution in [0.5, 0.6) is 5.75 Å². The smallest absolute Gasteiger partial charge is 0.161 e. The van der Waals surface area contributed by atoms with Crippen LogP contribution in [0.3, 0.4) is 0 Å². The predicted molar refractivity (Wildman–Crippen MR) is 73.4 cm³/mol. The lowest BCUT2D eigenvalue weighted by Crippen LogP contribution is -2.46. The molecule has 1 aliphatic heterocycles. The maximum atomic E-state index is 9.32. The first-order valence-electron chi connectivity index (χ1n) is 6.39. The van der Waals surface area contributed by atoms with Gasteiger partial charge in [-0.05, 0) is 31.2 Å². The Hall–Kier alpha value is -2.32. The number of nitriles is 1. The first kappa shape index (κ1) is 12.7. The van der Waals surface area contributed by atoms with Crippen LogP contribution >= 0.6 is 0 Å². The van der Waals surface area contributed by atoms with Crippen LogP contribution in [0.25, 0.3) is 11.3 Å². The number of H-pyrrole nitrogens is 1. The van der Waals surface area contributed by atoms with Crippen molar-refractivity contribution in [2.24, 2.45) is 0 Å². The minimum atomic E-state index is -0.616. The summed E-state index contributed by atoms with van der Waals surface area (Å²) in [6.45, 7) is 2.76. The molecule has 0 atom stereocenters. The van der Waals surface area contributed by atoms with Crippen molar-refractivity contribution in [3.63, 3.8) is 0 Å². The van der Waals surface area contributed by atoms with Gasteiger partial charge in [0.15, 0.2) is 5.41 Å². The van der Waals surface area contributed by atoms with E-state index in [1.165, 1.54) is 0 Å². The van der Waals surface area contributed by atoms with E-state index in [0.717, 1.165) is 22.7 Å². The van der Waals surface area contributed by atoms with Crippen LogP contribution in [0.4, 0.5) is 0 Å². The normalized spacial score (nSPS) is 16.2. The fraction of sp³-hybridized carbons (Fsp3) is 0.333. The Morgan fingerprint density at radius 3 is 2.55 bits per heavy atom. The number of benzene rings is 1. The molecule has 0 radical (unpaired) electrons. The van der Waals surface area contributed by atoms with E-state index in [4.69, 9.17) is 9.47 Å². The molecule has 0 spiro atoms.